The van der Waals surface area contributed by atoms with Crippen molar-refractivity contribution in [3.63, 3.8) is 0 Å². The fourth-order valence-corrected chi connectivity index (χ4v) is 5.01. The average molecular weight is 691 g/mol. The number of allylic oxidation sites excluding steroid dienone is 4. The van der Waals surface area contributed by atoms with E-state index in [1.807, 2.05) is 0 Å². The number of fused-ring (bicyclic) bond motifs is 1. The number of aliphatic carboxylic acids is 1. The molecule has 2 atom stereocenters. The Morgan fingerprint density at radius 3 is 2.24 bits per heavy atom. The molecule has 0 bridgehead atoms. The van der Waals surface area contributed by atoms with Gasteiger partial charge >= 0.3 is 12.1 Å². The van der Waals surface area contributed by atoms with E-state index in [1.165, 1.54) is 35.0 Å². The molecule has 2 aromatic carbocycles. The van der Waals surface area contributed by atoms with E-state index in [1.54, 1.807) is 46.9 Å². The van der Waals surface area contributed by atoms with Gasteiger partial charge in [0.2, 0.25) is 0 Å². The number of aryl methyl sites for hydroxylation is 2. The van der Waals surface area contributed by atoms with Crippen LogP contribution in [-0.4, -0.2) is 45.5 Å². The summed E-state index contributed by atoms with van der Waals surface area (Å²) in [6, 6.07) is 1.83. The lowest BCUT2D eigenvalue weighted by atomic mass is 9.94. The molecule has 1 heterocycles. The van der Waals surface area contributed by atoms with Crippen LogP contribution in [0.3, 0.4) is 0 Å². The summed E-state index contributed by atoms with van der Waals surface area (Å²) < 4.78 is 83.5. The van der Waals surface area contributed by atoms with E-state index >= 15 is 0 Å². The highest BCUT2D eigenvalue weighted by Crippen LogP contribution is 2.26. The number of carboxylic acids is 1. The summed E-state index contributed by atoms with van der Waals surface area (Å²) >= 11 is 0. The maximum absolute atomic E-state index is 14.8. The van der Waals surface area contributed by atoms with E-state index in [0.29, 0.717) is 45.5 Å². The van der Waals surface area contributed by atoms with Gasteiger partial charge in [0, 0.05) is 36.5 Å². The number of carbonyl (C=O) groups excluding carboxylic acids is 1. The predicted octanol–water partition coefficient (Wildman–Crippen LogP) is 6.90. The Balaban J connectivity index is 1.95. The van der Waals surface area contributed by atoms with Gasteiger partial charge in [0.25, 0.3) is 11.5 Å². The fourth-order valence-electron chi connectivity index (χ4n) is 5.01. The van der Waals surface area contributed by atoms with Crippen molar-refractivity contribution < 1.29 is 41.0 Å². The van der Waals surface area contributed by atoms with E-state index in [2.05, 4.69) is 15.6 Å². The second-order valence-electron chi connectivity index (χ2n) is 11.5. The number of nitrogens with zero attached hydrogens (tertiary/aromatic N) is 2. The number of nitrogens with one attached hydrogen (secondary N) is 2. The summed E-state index contributed by atoms with van der Waals surface area (Å²) in [6.07, 6.45) is 1.33. The van der Waals surface area contributed by atoms with Gasteiger partial charge in [-0.3, -0.25) is 14.6 Å². The predicted molar refractivity (Wildman–Crippen MR) is 176 cm³/mol. The summed E-state index contributed by atoms with van der Waals surface area (Å²) in [6.45, 7) is 6.90. The zero-order valence-electron chi connectivity index (χ0n) is 27.6. The van der Waals surface area contributed by atoms with E-state index in [4.69, 9.17) is 0 Å². The van der Waals surface area contributed by atoms with Crippen molar-refractivity contribution in [3.8, 4) is 0 Å². The second-order valence-corrected chi connectivity index (χ2v) is 11.5. The number of pyridine rings is 1. The van der Waals surface area contributed by atoms with Crippen LogP contribution in [0.2, 0.25) is 0 Å². The first-order valence-corrected chi connectivity index (χ1v) is 15.0. The lowest BCUT2D eigenvalue weighted by Gasteiger charge is -2.18. The minimum atomic E-state index is -4.58. The lowest BCUT2D eigenvalue weighted by molar-refractivity contribution is -0.151. The first-order chi connectivity index (χ1) is 22.9. The van der Waals surface area contributed by atoms with Gasteiger partial charge in [0.05, 0.1) is 11.1 Å². The summed E-state index contributed by atoms with van der Waals surface area (Å²) in [5, 5.41) is 14.5. The number of aliphatic imine (C=N–C) groups is 1. The molecule has 3 N–H and O–H groups in total. The van der Waals surface area contributed by atoms with Gasteiger partial charge in [0.1, 0.15) is 35.1 Å². The molecule has 262 valence electrons. The number of benzene rings is 2. The SMILES string of the molecule is C\C=C/N=C(C)\C(=C/C=C(\C)C[C@H](NC(=O)c1c(F)cc(CN[C@H](C)C(F)(F)F)cc1F)C(=O)O)c1c(C)c2cc(F)ccc2n(C)c1=O. The molecule has 1 aromatic heterocycles. The summed E-state index contributed by atoms with van der Waals surface area (Å²) in [5.74, 6) is -6.17. The molecule has 3 aromatic rings. The molecule has 0 aliphatic heterocycles. The Morgan fingerprint density at radius 1 is 1.04 bits per heavy atom. The zero-order chi connectivity index (χ0) is 36.8. The highest BCUT2D eigenvalue weighted by molar-refractivity contribution is 6.24. The molecule has 0 radical (unpaired) electrons. The second kappa shape index (κ2) is 15.9. The van der Waals surface area contributed by atoms with Crippen molar-refractivity contribution in [2.75, 3.05) is 0 Å². The lowest BCUT2D eigenvalue weighted by Crippen LogP contribution is -2.41. The van der Waals surface area contributed by atoms with Gasteiger partial charge in [-0.2, -0.15) is 13.2 Å². The first kappa shape index (κ1) is 38.5. The minimum Gasteiger partial charge on any atom is -0.480 e. The summed E-state index contributed by atoms with van der Waals surface area (Å²) in [5.41, 5.74) is 0.701. The largest absolute Gasteiger partial charge is 0.480 e. The van der Waals surface area contributed by atoms with Crippen LogP contribution in [0, 0.1) is 24.4 Å². The molecule has 0 saturated carbocycles. The number of carboxylic acid groups (broad SMARTS) is 1. The highest BCUT2D eigenvalue weighted by Gasteiger charge is 2.35. The van der Waals surface area contributed by atoms with Gasteiger partial charge in [-0.15, -0.1) is 0 Å². The van der Waals surface area contributed by atoms with Crippen molar-refractivity contribution in [2.24, 2.45) is 12.0 Å². The topological polar surface area (TPSA) is 113 Å². The maximum Gasteiger partial charge on any atom is 0.403 e. The Kier molecular flexibility index (Phi) is 12.5. The van der Waals surface area contributed by atoms with E-state index in [-0.39, 0.29) is 23.1 Å². The van der Waals surface area contributed by atoms with Crippen molar-refractivity contribution in [1.82, 2.24) is 15.2 Å². The Hall–Kier alpha value is -4.98. The van der Waals surface area contributed by atoms with Crippen LogP contribution in [0.4, 0.5) is 26.3 Å². The number of halogens is 6. The van der Waals surface area contributed by atoms with E-state index in [0.717, 1.165) is 6.92 Å². The average Bonchev–Trinajstić information content (AvgIpc) is 3.01. The number of alkyl halides is 3. The molecule has 0 spiro atoms. The summed E-state index contributed by atoms with van der Waals surface area (Å²) in [7, 11) is 1.55. The highest BCUT2D eigenvalue weighted by atomic mass is 19.4. The molecular formula is C35H36F6N4O4. The fraction of sp³-hybridized carbons (Fsp3) is 0.314. The van der Waals surface area contributed by atoms with Crippen molar-refractivity contribution in [3.05, 3.63) is 110 Å². The van der Waals surface area contributed by atoms with Crippen molar-refractivity contribution in [2.45, 2.75) is 65.8 Å². The molecule has 0 aliphatic rings. The Labute approximate surface area is 278 Å². The molecule has 0 aliphatic carbocycles. The minimum absolute atomic E-state index is 0.200. The number of aromatic nitrogens is 1. The van der Waals surface area contributed by atoms with Gasteiger partial charge in [0.15, 0.2) is 0 Å². The molecule has 8 nitrogen and oxygen atoms in total. The Bertz CT molecular complexity index is 1920. The maximum atomic E-state index is 14.8. The van der Waals surface area contributed by atoms with Gasteiger partial charge in [-0.1, -0.05) is 23.8 Å². The summed E-state index contributed by atoms with van der Waals surface area (Å²) in [4.78, 5) is 42.8. The van der Waals surface area contributed by atoms with Gasteiger partial charge in [-0.05, 0) is 82.5 Å². The number of hydrogen-bond donors (Lipinski definition) is 3. The van der Waals surface area contributed by atoms with Crippen LogP contribution in [0.25, 0.3) is 16.5 Å². The Morgan fingerprint density at radius 2 is 1.67 bits per heavy atom. The van der Waals surface area contributed by atoms with E-state index in [9.17, 15) is 45.8 Å². The first-order valence-electron chi connectivity index (χ1n) is 15.0. The van der Waals surface area contributed by atoms with Gasteiger partial charge < -0.3 is 20.3 Å². The zero-order valence-corrected chi connectivity index (χ0v) is 27.6. The van der Waals surface area contributed by atoms with Crippen LogP contribution in [0.1, 0.15) is 61.2 Å². The molecule has 14 heteroatoms. The van der Waals surface area contributed by atoms with Gasteiger partial charge in [-0.25, -0.2) is 18.0 Å². The number of amides is 1. The quantitative estimate of drug-likeness (QED) is 0.109. The van der Waals surface area contributed by atoms with Crippen LogP contribution in [0.15, 0.2) is 70.1 Å². The third-order valence-electron chi connectivity index (χ3n) is 7.79. The molecular weight excluding hydrogens is 654 g/mol. The third kappa shape index (κ3) is 9.34. The van der Waals surface area contributed by atoms with Crippen LogP contribution in [-0.2, 0) is 18.4 Å². The molecule has 0 fully saturated rings. The molecule has 0 saturated heterocycles. The smallest absolute Gasteiger partial charge is 0.403 e. The number of carbonyl (C=O) groups is 2. The monoisotopic (exact) mass is 690 g/mol. The standard InChI is InChI=1S/C35H36F6N4O4/c1-7-12-42-20(4)24(30-19(3)25-16-23(36)9-11-29(25)45(6)33(30)47)10-8-18(2)13-28(34(48)49)44-32(46)31-26(37)14-22(15-27(31)38)17-43-21(5)35(39,40)41/h7-12,14-16,21,28,43H,13,17H2,1-6H3,(H,44,46)(H,48,49)/b12-7-,18-8+,24-10+,42-20-/t21-,28+/m1/s1. The molecule has 1 amide bonds. The van der Waals surface area contributed by atoms with Crippen LogP contribution >= 0.6 is 0 Å². The molecule has 49 heavy (non-hydrogen) atoms. The van der Waals surface area contributed by atoms with Crippen molar-refractivity contribution >= 4 is 34.1 Å². The third-order valence-corrected chi connectivity index (χ3v) is 7.79. The van der Waals surface area contributed by atoms with Crippen molar-refractivity contribution in [1.29, 1.82) is 0 Å². The molecule has 0 unspecified atom stereocenters. The molecule has 3 rings (SSSR count). The number of hydrogen-bond acceptors (Lipinski definition) is 5. The normalized spacial score (nSPS) is 14.4. The van der Waals surface area contributed by atoms with Crippen LogP contribution in [0.5, 0.6) is 0 Å². The van der Waals surface area contributed by atoms with E-state index < -0.39 is 59.7 Å². The van der Waals surface area contributed by atoms with Crippen LogP contribution < -0.4 is 16.2 Å². The number of rotatable bonds is 12.